The van der Waals surface area contributed by atoms with Gasteiger partial charge in [-0.2, -0.15) is 13.2 Å². The van der Waals surface area contributed by atoms with Crippen LogP contribution in [-0.2, 0) is 6.18 Å². The minimum atomic E-state index is -4.62. The zero-order valence-corrected chi connectivity index (χ0v) is 6.84. The first-order valence-electron chi connectivity index (χ1n) is 3.61. The molecule has 0 fully saturated rings. The Morgan fingerprint density at radius 2 is 1.71 bits per heavy atom. The Labute approximate surface area is 77.3 Å². The summed E-state index contributed by atoms with van der Waals surface area (Å²) in [6, 6.07) is 3.00. The molecule has 0 spiro atoms. The molecule has 0 heterocycles. The molecule has 1 aromatic carbocycles. The van der Waals surface area contributed by atoms with Crippen LogP contribution in [-0.4, -0.2) is 12.6 Å². The summed E-state index contributed by atoms with van der Waals surface area (Å²) in [5.74, 6) is 0. The third kappa shape index (κ3) is 1.81. The van der Waals surface area contributed by atoms with Crippen LogP contribution < -0.4 is 0 Å². The van der Waals surface area contributed by atoms with Gasteiger partial charge in [0.1, 0.15) is 0 Å². The molecule has 1 rings (SSSR count). The van der Waals surface area contributed by atoms with E-state index in [0.717, 1.165) is 18.2 Å². The molecule has 1 aromatic rings. The third-order valence-electron chi connectivity index (χ3n) is 1.69. The highest BCUT2D eigenvalue weighted by atomic mass is 19.4. The highest BCUT2D eigenvalue weighted by Gasteiger charge is 2.33. The number of benzene rings is 1. The fourth-order valence-corrected chi connectivity index (χ4v) is 1.06. The Morgan fingerprint density at radius 1 is 1.07 bits per heavy atom. The van der Waals surface area contributed by atoms with Crippen LogP contribution in [0.5, 0.6) is 0 Å². The summed E-state index contributed by atoms with van der Waals surface area (Å²) in [5.41, 5.74) is -1.96. The maximum absolute atomic E-state index is 12.3. The van der Waals surface area contributed by atoms with Crippen LogP contribution in [0.4, 0.5) is 13.2 Å². The first kappa shape index (κ1) is 10.4. The van der Waals surface area contributed by atoms with Crippen molar-refractivity contribution < 1.29 is 22.8 Å². The largest absolute Gasteiger partial charge is 0.417 e. The quantitative estimate of drug-likeness (QED) is 0.689. The van der Waals surface area contributed by atoms with Gasteiger partial charge in [0.05, 0.1) is 5.56 Å². The van der Waals surface area contributed by atoms with Crippen molar-refractivity contribution in [3.05, 3.63) is 34.9 Å². The van der Waals surface area contributed by atoms with Gasteiger partial charge in [0, 0.05) is 11.1 Å². The Kier molecular flexibility index (Phi) is 2.69. The highest BCUT2D eigenvalue weighted by Crippen LogP contribution is 2.32. The molecule has 14 heavy (non-hydrogen) atoms. The minimum Gasteiger partial charge on any atom is -0.298 e. The molecule has 0 aliphatic heterocycles. The van der Waals surface area contributed by atoms with Gasteiger partial charge in [-0.15, -0.1) is 0 Å². The summed E-state index contributed by atoms with van der Waals surface area (Å²) in [7, 11) is 0. The number of halogens is 3. The van der Waals surface area contributed by atoms with E-state index in [1.54, 1.807) is 0 Å². The van der Waals surface area contributed by atoms with Gasteiger partial charge < -0.3 is 0 Å². The number of aldehydes is 2. The Hall–Kier alpha value is -1.65. The molecule has 0 saturated carbocycles. The number of rotatable bonds is 2. The fraction of sp³-hybridized carbons (Fsp3) is 0.111. The first-order chi connectivity index (χ1) is 6.50. The SMILES string of the molecule is O=Cc1cccc(C(F)(F)F)c1C=O. The van der Waals surface area contributed by atoms with Crippen molar-refractivity contribution >= 4 is 12.6 Å². The van der Waals surface area contributed by atoms with Gasteiger partial charge >= 0.3 is 6.18 Å². The van der Waals surface area contributed by atoms with E-state index in [-0.39, 0.29) is 18.1 Å². The summed E-state index contributed by atoms with van der Waals surface area (Å²) in [4.78, 5) is 20.7. The summed E-state index contributed by atoms with van der Waals surface area (Å²) >= 11 is 0. The van der Waals surface area contributed by atoms with Crippen LogP contribution in [0.25, 0.3) is 0 Å². The lowest BCUT2D eigenvalue weighted by atomic mass is 10.0. The lowest BCUT2D eigenvalue weighted by molar-refractivity contribution is -0.137. The highest BCUT2D eigenvalue weighted by molar-refractivity contribution is 5.91. The van der Waals surface area contributed by atoms with E-state index >= 15 is 0 Å². The molecule has 2 nitrogen and oxygen atoms in total. The van der Waals surface area contributed by atoms with E-state index in [1.165, 1.54) is 0 Å². The predicted molar refractivity (Wildman–Crippen MR) is 42.2 cm³/mol. The maximum atomic E-state index is 12.3. The first-order valence-corrected chi connectivity index (χ1v) is 3.61. The lowest BCUT2D eigenvalue weighted by Gasteiger charge is -2.09. The van der Waals surface area contributed by atoms with E-state index in [1.807, 2.05) is 0 Å². The third-order valence-corrected chi connectivity index (χ3v) is 1.69. The smallest absolute Gasteiger partial charge is 0.298 e. The maximum Gasteiger partial charge on any atom is 0.417 e. The molecule has 0 amide bonds. The van der Waals surface area contributed by atoms with Crippen LogP contribution in [0.3, 0.4) is 0 Å². The van der Waals surface area contributed by atoms with Crippen LogP contribution >= 0.6 is 0 Å². The molecular formula is C9H5F3O2. The Morgan fingerprint density at radius 3 is 2.14 bits per heavy atom. The van der Waals surface area contributed by atoms with Crippen molar-refractivity contribution in [2.75, 3.05) is 0 Å². The predicted octanol–water partition coefficient (Wildman–Crippen LogP) is 2.33. The topological polar surface area (TPSA) is 34.1 Å². The van der Waals surface area contributed by atoms with Gasteiger partial charge in [-0.3, -0.25) is 9.59 Å². The zero-order valence-electron chi connectivity index (χ0n) is 6.84. The zero-order chi connectivity index (χ0) is 10.8. The molecule has 0 radical (unpaired) electrons. The fourth-order valence-electron chi connectivity index (χ4n) is 1.06. The van der Waals surface area contributed by atoms with Gasteiger partial charge in [0.2, 0.25) is 0 Å². The molecule has 0 aliphatic carbocycles. The van der Waals surface area contributed by atoms with E-state index in [2.05, 4.69) is 0 Å². The van der Waals surface area contributed by atoms with Crippen molar-refractivity contribution in [3.63, 3.8) is 0 Å². The van der Waals surface area contributed by atoms with E-state index in [9.17, 15) is 22.8 Å². The number of hydrogen-bond acceptors (Lipinski definition) is 2. The molecule has 5 heteroatoms. The van der Waals surface area contributed by atoms with Gasteiger partial charge in [-0.1, -0.05) is 12.1 Å². The summed E-state index contributed by atoms with van der Waals surface area (Å²) in [6.07, 6.45) is -4.36. The second kappa shape index (κ2) is 3.61. The van der Waals surface area contributed by atoms with E-state index in [0.29, 0.717) is 0 Å². The van der Waals surface area contributed by atoms with Crippen LogP contribution in [0, 0.1) is 0 Å². The van der Waals surface area contributed by atoms with Crippen LogP contribution in [0.2, 0.25) is 0 Å². The van der Waals surface area contributed by atoms with Crippen molar-refractivity contribution in [1.82, 2.24) is 0 Å². The molecule has 0 unspecified atom stereocenters. The molecule has 0 aromatic heterocycles. The molecule has 0 bridgehead atoms. The van der Waals surface area contributed by atoms with Crippen LogP contribution in [0.15, 0.2) is 18.2 Å². The molecule has 0 aliphatic rings. The van der Waals surface area contributed by atoms with E-state index < -0.39 is 17.3 Å². The number of carbonyl (C=O) groups is 2. The van der Waals surface area contributed by atoms with Crippen LogP contribution in [0.1, 0.15) is 26.3 Å². The van der Waals surface area contributed by atoms with Gasteiger partial charge in [0.25, 0.3) is 0 Å². The number of hydrogen-bond donors (Lipinski definition) is 0. The summed E-state index contributed by atoms with van der Waals surface area (Å²) in [5, 5.41) is 0. The minimum absolute atomic E-state index is 0.0343. The standard InChI is InChI=1S/C9H5F3O2/c10-9(11,12)8-3-1-2-6(4-13)7(8)5-14/h1-5H. The monoisotopic (exact) mass is 202 g/mol. The van der Waals surface area contributed by atoms with Gasteiger partial charge in [-0.05, 0) is 6.07 Å². The van der Waals surface area contributed by atoms with Gasteiger partial charge in [-0.25, -0.2) is 0 Å². The van der Waals surface area contributed by atoms with Crippen molar-refractivity contribution in [2.45, 2.75) is 6.18 Å². The average Bonchev–Trinajstić information content (AvgIpc) is 2.15. The second-order valence-electron chi connectivity index (χ2n) is 2.54. The summed E-state index contributed by atoms with van der Waals surface area (Å²) in [6.45, 7) is 0. The molecule has 0 N–H and O–H groups in total. The van der Waals surface area contributed by atoms with Crippen molar-refractivity contribution in [3.8, 4) is 0 Å². The molecule has 74 valence electrons. The van der Waals surface area contributed by atoms with E-state index in [4.69, 9.17) is 0 Å². The Balaban J connectivity index is 3.44. The molecular weight excluding hydrogens is 197 g/mol. The number of alkyl halides is 3. The van der Waals surface area contributed by atoms with Crippen molar-refractivity contribution in [1.29, 1.82) is 0 Å². The lowest BCUT2D eigenvalue weighted by Crippen LogP contribution is -2.10. The number of carbonyl (C=O) groups excluding carboxylic acids is 2. The van der Waals surface area contributed by atoms with Crippen molar-refractivity contribution in [2.24, 2.45) is 0 Å². The second-order valence-corrected chi connectivity index (χ2v) is 2.54. The molecule has 0 saturated heterocycles. The Bertz CT molecular complexity index is 369. The van der Waals surface area contributed by atoms with Gasteiger partial charge in [0.15, 0.2) is 12.6 Å². The average molecular weight is 202 g/mol. The normalized spacial score (nSPS) is 11.1. The molecule has 0 atom stereocenters. The summed E-state index contributed by atoms with van der Waals surface area (Å²) < 4.78 is 36.8.